The van der Waals surface area contributed by atoms with Gasteiger partial charge in [-0.2, -0.15) is 0 Å². The van der Waals surface area contributed by atoms with Gasteiger partial charge in [0.1, 0.15) is 35.2 Å². The first-order valence-electron chi connectivity index (χ1n) is 11.3. The van der Waals surface area contributed by atoms with Crippen molar-refractivity contribution in [3.8, 4) is 11.6 Å². The Balaban J connectivity index is 1.26. The molecular weight excluding hydrogens is 432 g/mol. The van der Waals surface area contributed by atoms with Gasteiger partial charge < -0.3 is 19.2 Å². The quantitative estimate of drug-likeness (QED) is 0.325. The lowest BCUT2D eigenvalue weighted by molar-refractivity contribution is -0.0287. The first-order valence-corrected chi connectivity index (χ1v) is 11.3. The Bertz CT molecular complexity index is 1350. The monoisotopic (exact) mass is 458 g/mol. The van der Waals surface area contributed by atoms with E-state index in [4.69, 9.17) is 13.9 Å². The lowest BCUT2D eigenvalue weighted by atomic mass is 9.90. The van der Waals surface area contributed by atoms with Gasteiger partial charge in [-0.25, -0.2) is 14.8 Å². The van der Waals surface area contributed by atoms with Crippen LogP contribution in [-0.4, -0.2) is 33.2 Å². The topological polar surface area (TPSA) is 99.4 Å². The number of hydrogen-bond donors (Lipinski definition) is 1. The molecule has 0 radical (unpaired) electrons. The second-order valence-corrected chi connectivity index (χ2v) is 8.90. The molecule has 0 aliphatic carbocycles. The minimum Gasteiger partial charge on any atom is -0.484 e. The first-order chi connectivity index (χ1) is 16.5. The van der Waals surface area contributed by atoms with E-state index >= 15 is 0 Å². The summed E-state index contributed by atoms with van der Waals surface area (Å²) in [6.45, 7) is 4.73. The number of nitrogens with one attached hydrogen (secondary N) is 1. The van der Waals surface area contributed by atoms with Crippen LogP contribution in [-0.2, 0) is 12.8 Å². The largest absolute Gasteiger partial charge is 0.484 e. The summed E-state index contributed by atoms with van der Waals surface area (Å²) < 4.78 is 17.8. The van der Waals surface area contributed by atoms with Crippen LogP contribution < -0.4 is 20.4 Å². The molecule has 3 aromatic heterocycles. The van der Waals surface area contributed by atoms with Crippen molar-refractivity contribution < 1.29 is 13.9 Å². The van der Waals surface area contributed by atoms with Gasteiger partial charge in [-0.15, -0.1) is 0 Å². The number of ether oxygens (including phenoxy) is 2. The van der Waals surface area contributed by atoms with Gasteiger partial charge in [-0.1, -0.05) is 6.07 Å². The highest BCUT2D eigenvalue weighted by Gasteiger charge is 2.39. The molecule has 0 saturated carbocycles. The van der Waals surface area contributed by atoms with Gasteiger partial charge in [-0.3, -0.25) is 4.98 Å². The Kier molecular flexibility index (Phi) is 5.88. The highest BCUT2D eigenvalue weighted by Crippen LogP contribution is 2.37. The van der Waals surface area contributed by atoms with E-state index in [1.165, 1.54) is 18.0 Å². The van der Waals surface area contributed by atoms with Crippen molar-refractivity contribution in [1.82, 2.24) is 15.0 Å². The minimum absolute atomic E-state index is 0.262. The molecule has 34 heavy (non-hydrogen) atoms. The van der Waals surface area contributed by atoms with E-state index in [-0.39, 0.29) is 11.7 Å². The van der Waals surface area contributed by atoms with Crippen LogP contribution in [0.15, 0.2) is 70.4 Å². The van der Waals surface area contributed by atoms with Crippen molar-refractivity contribution in [2.45, 2.75) is 44.8 Å². The molecule has 0 fully saturated rings. The zero-order valence-electron chi connectivity index (χ0n) is 19.2. The number of rotatable bonds is 7. The van der Waals surface area contributed by atoms with E-state index < -0.39 is 5.60 Å². The third kappa shape index (κ3) is 4.85. The molecule has 0 spiro atoms. The van der Waals surface area contributed by atoms with Crippen molar-refractivity contribution >= 4 is 16.8 Å². The number of benzene rings is 1. The van der Waals surface area contributed by atoms with Crippen LogP contribution in [0, 0.1) is 0 Å². The van der Waals surface area contributed by atoms with Crippen molar-refractivity contribution in [3.63, 3.8) is 0 Å². The Morgan fingerprint density at radius 1 is 1.18 bits per heavy atom. The smallest absolute Gasteiger partial charge is 0.336 e. The molecule has 0 saturated heterocycles. The van der Waals surface area contributed by atoms with Crippen molar-refractivity contribution in [1.29, 1.82) is 0 Å². The van der Waals surface area contributed by atoms with E-state index in [9.17, 15) is 4.79 Å². The van der Waals surface area contributed by atoms with Gasteiger partial charge in [0.2, 0.25) is 5.88 Å². The highest BCUT2D eigenvalue weighted by atomic mass is 16.6. The zero-order valence-corrected chi connectivity index (χ0v) is 19.2. The summed E-state index contributed by atoms with van der Waals surface area (Å²) in [5, 5.41) is 4.18. The molecular formula is C26H26N4O4. The molecule has 1 aromatic carbocycles. The van der Waals surface area contributed by atoms with Gasteiger partial charge in [0, 0.05) is 48.9 Å². The molecule has 1 aliphatic rings. The standard InChI is InChI=1S/C26H26N4O4/c1-26(2)22(12-19-11-18-7-8-25(31)32-20(18)13-21(19)34-26)33-24-14-23(29-16-30-24)28-10-4-6-17-5-3-9-27-15-17/h3,5,7-9,11,13-16,22H,4,6,10,12H2,1-2H3,(H,28,29,30)/t22-/m0/s1. The predicted molar refractivity (Wildman–Crippen MR) is 128 cm³/mol. The number of fused-ring (bicyclic) bond motifs is 2. The normalized spacial score (nSPS) is 16.5. The molecule has 0 unspecified atom stereocenters. The van der Waals surface area contributed by atoms with E-state index in [2.05, 4.69) is 26.3 Å². The van der Waals surface area contributed by atoms with E-state index in [1.54, 1.807) is 18.3 Å². The lowest BCUT2D eigenvalue weighted by Crippen LogP contribution is -2.49. The zero-order chi connectivity index (χ0) is 23.5. The number of aryl methyl sites for hydroxylation is 1. The minimum atomic E-state index is -0.613. The van der Waals surface area contributed by atoms with Crippen molar-refractivity contribution in [2.24, 2.45) is 0 Å². The van der Waals surface area contributed by atoms with Crippen LogP contribution in [0.25, 0.3) is 11.0 Å². The van der Waals surface area contributed by atoms with E-state index in [1.807, 2.05) is 38.2 Å². The summed E-state index contributed by atoms with van der Waals surface area (Å²) >= 11 is 0. The molecule has 174 valence electrons. The second kappa shape index (κ2) is 9.13. The SMILES string of the molecule is CC1(C)Oc2cc3oc(=O)ccc3cc2C[C@@H]1Oc1cc(NCCCc2cccnc2)ncn1. The van der Waals surface area contributed by atoms with Crippen molar-refractivity contribution in [2.75, 3.05) is 11.9 Å². The third-order valence-corrected chi connectivity index (χ3v) is 5.93. The fourth-order valence-corrected chi connectivity index (χ4v) is 4.08. The lowest BCUT2D eigenvalue weighted by Gasteiger charge is -2.39. The van der Waals surface area contributed by atoms with Crippen molar-refractivity contribution in [3.05, 3.63) is 82.7 Å². The van der Waals surface area contributed by atoms with E-state index in [0.717, 1.165) is 30.3 Å². The number of pyridine rings is 1. The predicted octanol–water partition coefficient (Wildman–Crippen LogP) is 4.18. The third-order valence-electron chi connectivity index (χ3n) is 5.93. The molecule has 4 heterocycles. The molecule has 1 N–H and O–H groups in total. The maximum atomic E-state index is 11.6. The molecule has 5 rings (SSSR count). The van der Waals surface area contributed by atoms with Crippen LogP contribution in [0.2, 0.25) is 0 Å². The summed E-state index contributed by atoms with van der Waals surface area (Å²) in [6, 6.07) is 12.8. The number of aromatic nitrogens is 3. The average Bonchev–Trinajstić information content (AvgIpc) is 2.82. The number of nitrogens with zero attached hydrogens (tertiary/aromatic N) is 3. The average molecular weight is 459 g/mol. The molecule has 8 heteroatoms. The summed E-state index contributed by atoms with van der Waals surface area (Å²) in [4.78, 5) is 24.3. The summed E-state index contributed by atoms with van der Waals surface area (Å²) in [5.41, 5.74) is 1.72. The summed E-state index contributed by atoms with van der Waals surface area (Å²) in [7, 11) is 0. The van der Waals surface area contributed by atoms with Gasteiger partial charge in [0.05, 0.1) is 0 Å². The van der Waals surface area contributed by atoms with Gasteiger partial charge >= 0.3 is 5.63 Å². The molecule has 8 nitrogen and oxygen atoms in total. The van der Waals surface area contributed by atoms with Crippen LogP contribution in [0.4, 0.5) is 5.82 Å². The maximum absolute atomic E-state index is 11.6. The molecule has 1 atom stereocenters. The molecule has 4 aromatic rings. The Labute approximate surface area is 197 Å². The second-order valence-electron chi connectivity index (χ2n) is 8.90. The summed E-state index contributed by atoms with van der Waals surface area (Å²) in [5.74, 6) is 1.90. The van der Waals surface area contributed by atoms with Gasteiger partial charge in [-0.05, 0) is 56.0 Å². The molecule has 0 amide bonds. The highest BCUT2D eigenvalue weighted by molar-refractivity contribution is 5.79. The maximum Gasteiger partial charge on any atom is 0.336 e. The van der Waals surface area contributed by atoms with Crippen LogP contribution in [0.3, 0.4) is 0 Å². The van der Waals surface area contributed by atoms with Gasteiger partial charge in [0.15, 0.2) is 0 Å². The fourth-order valence-electron chi connectivity index (χ4n) is 4.08. The van der Waals surface area contributed by atoms with Gasteiger partial charge in [0.25, 0.3) is 0 Å². The van der Waals surface area contributed by atoms with Crippen LogP contribution in [0.1, 0.15) is 31.4 Å². The molecule has 0 bridgehead atoms. The Hall–Kier alpha value is -3.94. The fraction of sp³-hybridized carbons (Fsp3) is 0.308. The van der Waals surface area contributed by atoms with Crippen LogP contribution in [0.5, 0.6) is 11.6 Å². The van der Waals surface area contributed by atoms with E-state index in [0.29, 0.717) is 29.5 Å². The summed E-state index contributed by atoms with van der Waals surface area (Å²) in [6.07, 6.45) is 7.44. The Morgan fingerprint density at radius 2 is 2.09 bits per heavy atom. The first kappa shape index (κ1) is 21.9. The molecule has 1 aliphatic heterocycles. The number of hydrogen-bond acceptors (Lipinski definition) is 8. The Morgan fingerprint density at radius 3 is 2.94 bits per heavy atom. The number of anilines is 1. The van der Waals surface area contributed by atoms with Crippen LogP contribution >= 0.6 is 0 Å².